The summed E-state index contributed by atoms with van der Waals surface area (Å²) in [6.07, 6.45) is 5.29. The highest BCUT2D eigenvalue weighted by Gasteiger charge is 2.21. The molecule has 1 aliphatic carbocycles. The Balaban J connectivity index is 1.22. The lowest BCUT2D eigenvalue weighted by atomic mass is 10.1. The van der Waals surface area contributed by atoms with Gasteiger partial charge < -0.3 is 10.1 Å². The van der Waals surface area contributed by atoms with Crippen LogP contribution in [0.15, 0.2) is 78.0 Å². The smallest absolute Gasteiger partial charge is 0.261 e. The van der Waals surface area contributed by atoms with Crippen LogP contribution >= 0.6 is 0 Å². The summed E-state index contributed by atoms with van der Waals surface area (Å²) in [6.45, 7) is 0. The van der Waals surface area contributed by atoms with Crippen LogP contribution in [0.3, 0.4) is 0 Å². The van der Waals surface area contributed by atoms with E-state index in [2.05, 4.69) is 59.7 Å². The Kier molecular flexibility index (Phi) is 5.68. The van der Waals surface area contributed by atoms with Gasteiger partial charge in [-0.1, -0.05) is 29.5 Å². The number of benzene rings is 3. The molecule has 0 saturated heterocycles. The molecular weight excluding hydrogens is 490 g/mol. The van der Waals surface area contributed by atoms with E-state index in [4.69, 9.17) is 4.74 Å². The quantitative estimate of drug-likeness (QED) is 0.299. The van der Waals surface area contributed by atoms with Crippen LogP contribution in [0.4, 0.5) is 11.6 Å². The van der Waals surface area contributed by atoms with Gasteiger partial charge in [-0.25, -0.2) is 18.4 Å². The molecule has 0 bridgehead atoms. The van der Waals surface area contributed by atoms with E-state index in [1.54, 1.807) is 36.7 Å². The van der Waals surface area contributed by atoms with Crippen molar-refractivity contribution in [3.63, 3.8) is 0 Å². The molecule has 2 heterocycles. The second-order valence-corrected chi connectivity index (χ2v) is 10.5. The van der Waals surface area contributed by atoms with Crippen molar-refractivity contribution in [2.24, 2.45) is 0 Å². The molecule has 0 saturated carbocycles. The molecule has 0 aliphatic heterocycles. The van der Waals surface area contributed by atoms with E-state index >= 15 is 0 Å². The van der Waals surface area contributed by atoms with E-state index in [0.29, 0.717) is 34.0 Å². The van der Waals surface area contributed by atoms with Crippen LogP contribution in [0.2, 0.25) is 0 Å². The second-order valence-electron chi connectivity index (χ2n) is 8.86. The zero-order chi connectivity index (χ0) is 25.4. The Labute approximate surface area is 213 Å². The first kappa shape index (κ1) is 22.9. The van der Waals surface area contributed by atoms with Crippen molar-refractivity contribution in [3.8, 4) is 16.9 Å². The van der Waals surface area contributed by atoms with Gasteiger partial charge in [-0.2, -0.15) is 0 Å². The van der Waals surface area contributed by atoms with Crippen molar-refractivity contribution in [1.82, 2.24) is 25.4 Å². The standard InChI is InChI=1S/C26H23N7O3S/c1-36-22-11-18(10-21(12-22)32-37(34,35)23-6-7-24-25(13-23)31-33-30-24)19-14-27-26(28-15-19)29-20-8-16-4-2-3-5-17(16)9-20/h2-7,10-15,20,32H,8-9H2,1H3,(H,27,28,29)(H,30,31,33). The van der Waals surface area contributed by atoms with E-state index in [-0.39, 0.29) is 10.9 Å². The van der Waals surface area contributed by atoms with Crippen LogP contribution in [0.25, 0.3) is 22.2 Å². The molecule has 37 heavy (non-hydrogen) atoms. The Morgan fingerprint density at radius 2 is 1.70 bits per heavy atom. The summed E-state index contributed by atoms with van der Waals surface area (Å²) >= 11 is 0. The third-order valence-electron chi connectivity index (χ3n) is 6.37. The highest BCUT2D eigenvalue weighted by molar-refractivity contribution is 7.92. The van der Waals surface area contributed by atoms with Gasteiger partial charge in [0.1, 0.15) is 11.3 Å². The first-order chi connectivity index (χ1) is 18.0. The van der Waals surface area contributed by atoms with Crippen molar-refractivity contribution < 1.29 is 13.2 Å². The average Bonchev–Trinajstić information content (AvgIpc) is 3.54. The average molecular weight is 514 g/mol. The highest BCUT2D eigenvalue weighted by atomic mass is 32.2. The molecule has 0 spiro atoms. The van der Waals surface area contributed by atoms with Crippen molar-refractivity contribution in [2.45, 2.75) is 23.8 Å². The zero-order valence-corrected chi connectivity index (χ0v) is 20.7. The summed E-state index contributed by atoms with van der Waals surface area (Å²) in [5.74, 6) is 1.04. The van der Waals surface area contributed by atoms with E-state index in [1.165, 1.54) is 30.4 Å². The van der Waals surface area contributed by atoms with Gasteiger partial charge >= 0.3 is 0 Å². The monoisotopic (exact) mass is 513 g/mol. The number of hydrogen-bond donors (Lipinski definition) is 3. The number of ether oxygens (including phenoxy) is 1. The predicted molar refractivity (Wildman–Crippen MR) is 140 cm³/mol. The molecule has 2 aromatic heterocycles. The number of methoxy groups -OCH3 is 1. The normalized spacial score (nSPS) is 13.4. The fraction of sp³-hybridized carbons (Fsp3) is 0.154. The van der Waals surface area contributed by atoms with Gasteiger partial charge in [0.15, 0.2) is 0 Å². The Morgan fingerprint density at radius 1 is 0.946 bits per heavy atom. The molecule has 1 aliphatic rings. The molecule has 0 unspecified atom stereocenters. The number of rotatable bonds is 7. The lowest BCUT2D eigenvalue weighted by molar-refractivity contribution is 0.415. The van der Waals surface area contributed by atoms with Gasteiger partial charge in [-0.05, 0) is 59.9 Å². The van der Waals surface area contributed by atoms with Gasteiger partial charge in [-0.3, -0.25) is 9.82 Å². The van der Waals surface area contributed by atoms with Crippen LogP contribution in [-0.4, -0.2) is 46.9 Å². The lowest BCUT2D eigenvalue weighted by Gasteiger charge is -2.13. The van der Waals surface area contributed by atoms with Crippen molar-refractivity contribution in [3.05, 3.63) is 84.2 Å². The third-order valence-corrected chi connectivity index (χ3v) is 7.75. The maximum atomic E-state index is 13.1. The summed E-state index contributed by atoms with van der Waals surface area (Å²) in [6, 6.07) is 18.4. The van der Waals surface area contributed by atoms with Gasteiger partial charge in [0.05, 0.1) is 23.2 Å². The van der Waals surface area contributed by atoms with E-state index in [9.17, 15) is 8.42 Å². The molecule has 0 fully saturated rings. The molecule has 3 N–H and O–H groups in total. The molecule has 0 amide bonds. The number of H-pyrrole nitrogens is 1. The van der Waals surface area contributed by atoms with Gasteiger partial charge in [0.25, 0.3) is 10.0 Å². The van der Waals surface area contributed by atoms with E-state index in [0.717, 1.165) is 18.4 Å². The molecule has 0 radical (unpaired) electrons. The summed E-state index contributed by atoms with van der Waals surface area (Å²) < 4.78 is 34.2. The van der Waals surface area contributed by atoms with Crippen molar-refractivity contribution in [2.75, 3.05) is 17.1 Å². The number of anilines is 2. The van der Waals surface area contributed by atoms with Gasteiger partial charge in [-0.15, -0.1) is 5.10 Å². The highest BCUT2D eigenvalue weighted by Crippen LogP contribution is 2.30. The summed E-state index contributed by atoms with van der Waals surface area (Å²) in [4.78, 5) is 9.07. The maximum Gasteiger partial charge on any atom is 0.261 e. The molecule has 0 atom stereocenters. The lowest BCUT2D eigenvalue weighted by Crippen LogP contribution is -2.20. The summed E-state index contributed by atoms with van der Waals surface area (Å²) in [5.41, 5.74) is 5.60. The van der Waals surface area contributed by atoms with Crippen molar-refractivity contribution >= 4 is 32.7 Å². The summed E-state index contributed by atoms with van der Waals surface area (Å²) in [7, 11) is -2.35. The van der Waals surface area contributed by atoms with E-state index < -0.39 is 10.0 Å². The minimum Gasteiger partial charge on any atom is -0.497 e. The number of hydrogen-bond acceptors (Lipinski definition) is 8. The van der Waals surface area contributed by atoms with Gasteiger partial charge in [0.2, 0.25) is 5.95 Å². The molecular formula is C26H23N7O3S. The zero-order valence-electron chi connectivity index (χ0n) is 19.8. The first-order valence-electron chi connectivity index (χ1n) is 11.7. The maximum absolute atomic E-state index is 13.1. The fourth-order valence-electron chi connectivity index (χ4n) is 4.54. The molecule has 6 rings (SSSR count). The Hall–Kier alpha value is -4.51. The predicted octanol–water partition coefficient (Wildman–Crippen LogP) is 3.80. The second kappa shape index (κ2) is 9.17. The topological polar surface area (TPSA) is 135 Å². The van der Waals surface area contributed by atoms with Crippen LogP contribution in [0.1, 0.15) is 11.1 Å². The van der Waals surface area contributed by atoms with E-state index in [1.807, 2.05) is 0 Å². The van der Waals surface area contributed by atoms with Gasteiger partial charge in [0, 0.05) is 30.1 Å². The Bertz CT molecular complexity index is 1680. The third kappa shape index (κ3) is 4.68. The number of fused-ring (bicyclic) bond motifs is 2. The summed E-state index contributed by atoms with van der Waals surface area (Å²) in [5, 5.41) is 13.7. The van der Waals surface area contributed by atoms with Crippen LogP contribution in [0.5, 0.6) is 5.75 Å². The van der Waals surface area contributed by atoms with Crippen LogP contribution < -0.4 is 14.8 Å². The number of nitrogens with zero attached hydrogens (tertiary/aromatic N) is 4. The molecule has 5 aromatic rings. The molecule has 11 heteroatoms. The van der Waals surface area contributed by atoms with Crippen molar-refractivity contribution in [1.29, 1.82) is 0 Å². The number of nitrogens with one attached hydrogen (secondary N) is 3. The Morgan fingerprint density at radius 3 is 2.43 bits per heavy atom. The molecule has 186 valence electrons. The molecule has 3 aromatic carbocycles. The SMILES string of the molecule is COc1cc(NS(=O)(=O)c2ccc3[nH]nnc3c2)cc(-c2cnc(NC3Cc4ccccc4C3)nc2)c1. The largest absolute Gasteiger partial charge is 0.497 e. The minimum atomic E-state index is -3.88. The van der Waals surface area contributed by atoms with Crippen LogP contribution in [-0.2, 0) is 22.9 Å². The first-order valence-corrected chi connectivity index (χ1v) is 13.1. The number of aromatic nitrogens is 5. The minimum absolute atomic E-state index is 0.0751. The fourth-order valence-corrected chi connectivity index (χ4v) is 5.60. The number of sulfonamides is 1. The number of aromatic amines is 1. The van der Waals surface area contributed by atoms with Crippen LogP contribution in [0, 0.1) is 0 Å². The molecule has 10 nitrogen and oxygen atoms in total.